The number of hydrogen-bond acceptors (Lipinski definition) is 4. The van der Waals surface area contributed by atoms with Crippen LogP contribution in [0.5, 0.6) is 0 Å². The van der Waals surface area contributed by atoms with Gasteiger partial charge in [0, 0.05) is 24.8 Å². The Morgan fingerprint density at radius 3 is 2.12 bits per heavy atom. The number of piperidine rings is 1. The minimum absolute atomic E-state index is 0.0977. The van der Waals surface area contributed by atoms with E-state index in [1.165, 1.54) is 11.6 Å². The van der Waals surface area contributed by atoms with Crippen LogP contribution in [-0.4, -0.2) is 40.4 Å². The number of nitrogens with zero attached hydrogens (tertiary/aromatic N) is 2. The summed E-state index contributed by atoms with van der Waals surface area (Å²) >= 11 is 0. The molecule has 1 saturated heterocycles. The van der Waals surface area contributed by atoms with Crippen molar-refractivity contribution in [2.45, 2.75) is 44.5 Å². The number of halogens is 3. The molecule has 0 aromatic heterocycles. The fourth-order valence-corrected chi connectivity index (χ4v) is 4.48. The van der Waals surface area contributed by atoms with Crippen molar-refractivity contribution in [3.8, 4) is 0 Å². The average Bonchev–Trinajstić information content (AvgIpc) is 2.84. The van der Waals surface area contributed by atoms with Crippen molar-refractivity contribution in [3.05, 3.63) is 102 Å². The van der Waals surface area contributed by atoms with E-state index >= 15 is 0 Å². The molecular formula is C27H30F3N3O. The van der Waals surface area contributed by atoms with Crippen LogP contribution < -0.4 is 5.32 Å². The van der Waals surface area contributed by atoms with Crippen LogP contribution in [0, 0.1) is 0 Å². The van der Waals surface area contributed by atoms with Crippen LogP contribution in [0.4, 0.5) is 18.9 Å². The third-order valence-electron chi connectivity index (χ3n) is 6.28. The normalized spacial score (nSPS) is 16.5. The molecule has 1 aliphatic heterocycles. The second-order valence-electron chi connectivity index (χ2n) is 8.75. The van der Waals surface area contributed by atoms with Gasteiger partial charge >= 0.3 is 6.18 Å². The number of anilines is 1. The highest BCUT2D eigenvalue weighted by molar-refractivity contribution is 5.46. The Morgan fingerprint density at radius 2 is 1.50 bits per heavy atom. The molecule has 1 fully saturated rings. The summed E-state index contributed by atoms with van der Waals surface area (Å²) < 4.78 is 39.4. The molecule has 1 atom stereocenters. The first-order chi connectivity index (χ1) is 16.4. The monoisotopic (exact) mass is 469 g/mol. The van der Waals surface area contributed by atoms with Gasteiger partial charge in [-0.3, -0.25) is 9.80 Å². The van der Waals surface area contributed by atoms with E-state index in [4.69, 9.17) is 0 Å². The molecule has 0 bridgehead atoms. The number of aliphatic hydroxyl groups excluding tert-OH is 1. The van der Waals surface area contributed by atoms with Crippen LogP contribution in [0.1, 0.15) is 29.5 Å². The van der Waals surface area contributed by atoms with Gasteiger partial charge in [0.05, 0.1) is 5.56 Å². The zero-order valence-electron chi connectivity index (χ0n) is 19.0. The van der Waals surface area contributed by atoms with Crippen molar-refractivity contribution in [3.63, 3.8) is 0 Å². The lowest BCUT2D eigenvalue weighted by molar-refractivity contribution is -0.137. The predicted molar refractivity (Wildman–Crippen MR) is 128 cm³/mol. The lowest BCUT2D eigenvalue weighted by Crippen LogP contribution is -2.51. The molecule has 1 heterocycles. The zero-order chi connectivity index (χ0) is 24.0. The van der Waals surface area contributed by atoms with E-state index in [0.29, 0.717) is 6.54 Å². The largest absolute Gasteiger partial charge is 0.416 e. The molecule has 4 rings (SSSR count). The van der Waals surface area contributed by atoms with Gasteiger partial charge in [-0.25, -0.2) is 0 Å². The Kier molecular flexibility index (Phi) is 7.88. The van der Waals surface area contributed by atoms with Crippen LogP contribution >= 0.6 is 0 Å². The van der Waals surface area contributed by atoms with Gasteiger partial charge in [-0.05, 0) is 55.3 Å². The molecule has 3 aromatic carbocycles. The third kappa shape index (κ3) is 6.59. The molecular weight excluding hydrogens is 439 g/mol. The van der Waals surface area contributed by atoms with Gasteiger partial charge in [-0.1, -0.05) is 66.7 Å². The molecule has 0 saturated carbocycles. The van der Waals surface area contributed by atoms with Crippen molar-refractivity contribution in [2.75, 3.05) is 18.4 Å². The van der Waals surface area contributed by atoms with Gasteiger partial charge in [0.2, 0.25) is 0 Å². The summed E-state index contributed by atoms with van der Waals surface area (Å²) in [5, 5.41) is 14.0. The van der Waals surface area contributed by atoms with Crippen molar-refractivity contribution >= 4 is 5.69 Å². The second kappa shape index (κ2) is 11.0. The van der Waals surface area contributed by atoms with Crippen molar-refractivity contribution < 1.29 is 18.3 Å². The van der Waals surface area contributed by atoms with Crippen LogP contribution in [0.2, 0.25) is 0 Å². The van der Waals surface area contributed by atoms with Gasteiger partial charge in [-0.15, -0.1) is 0 Å². The number of benzene rings is 3. The number of alkyl halides is 3. The highest BCUT2D eigenvalue weighted by atomic mass is 19.4. The Labute approximate surface area is 198 Å². The first kappa shape index (κ1) is 24.3. The molecule has 0 aliphatic carbocycles. The average molecular weight is 470 g/mol. The fourth-order valence-electron chi connectivity index (χ4n) is 4.48. The van der Waals surface area contributed by atoms with E-state index < -0.39 is 18.1 Å². The Morgan fingerprint density at radius 1 is 0.882 bits per heavy atom. The molecule has 1 aliphatic rings. The summed E-state index contributed by atoms with van der Waals surface area (Å²) in [4.78, 5) is 4.36. The molecule has 7 heteroatoms. The van der Waals surface area contributed by atoms with Crippen LogP contribution in [0.3, 0.4) is 0 Å². The Bertz CT molecular complexity index is 1020. The molecule has 0 spiro atoms. The zero-order valence-corrected chi connectivity index (χ0v) is 19.0. The van der Waals surface area contributed by atoms with E-state index in [0.717, 1.165) is 50.2 Å². The number of rotatable bonds is 8. The van der Waals surface area contributed by atoms with Crippen molar-refractivity contribution in [1.29, 1.82) is 0 Å². The van der Waals surface area contributed by atoms with E-state index in [1.807, 2.05) is 53.4 Å². The molecule has 0 amide bonds. The Hall–Kier alpha value is -2.87. The summed E-state index contributed by atoms with van der Waals surface area (Å²) in [5.41, 5.74) is 1.81. The summed E-state index contributed by atoms with van der Waals surface area (Å²) in [6.07, 6.45) is -3.82. The standard InChI is InChI=1S/C27H30F3N3O/c28-27(29,30)23-12-7-13-24(18-23)31-26(34)33(20-22-10-5-2-6-11-22)25-14-16-32(17-15-25)19-21-8-3-1-4-9-21/h1-13,18,25-26,31,34H,14-17,19-20H2. The maximum absolute atomic E-state index is 13.1. The molecule has 4 nitrogen and oxygen atoms in total. The maximum atomic E-state index is 13.1. The smallest absolute Gasteiger partial charge is 0.361 e. The molecule has 34 heavy (non-hydrogen) atoms. The summed E-state index contributed by atoms with van der Waals surface area (Å²) in [7, 11) is 0. The van der Waals surface area contributed by atoms with Crippen molar-refractivity contribution in [2.24, 2.45) is 0 Å². The van der Waals surface area contributed by atoms with Crippen LogP contribution in [0.15, 0.2) is 84.9 Å². The van der Waals surface area contributed by atoms with Gasteiger partial charge in [-0.2, -0.15) is 13.2 Å². The molecule has 3 aromatic rings. The van der Waals surface area contributed by atoms with Gasteiger partial charge in [0.1, 0.15) is 0 Å². The summed E-state index contributed by atoms with van der Waals surface area (Å²) in [6, 6.07) is 25.2. The molecule has 1 unspecified atom stereocenters. The van der Waals surface area contributed by atoms with Gasteiger partial charge in [0.25, 0.3) is 0 Å². The number of aliphatic hydroxyl groups is 1. The minimum atomic E-state index is -4.43. The first-order valence-electron chi connectivity index (χ1n) is 11.6. The van der Waals surface area contributed by atoms with Crippen LogP contribution in [-0.2, 0) is 19.3 Å². The Balaban J connectivity index is 1.45. The van der Waals surface area contributed by atoms with E-state index in [9.17, 15) is 18.3 Å². The lowest BCUT2D eigenvalue weighted by Gasteiger charge is -2.41. The number of likely N-dealkylation sites (tertiary alicyclic amines) is 1. The van der Waals surface area contributed by atoms with E-state index in [1.54, 1.807) is 6.07 Å². The number of hydrogen-bond donors (Lipinski definition) is 2. The second-order valence-corrected chi connectivity index (χ2v) is 8.75. The van der Waals surface area contributed by atoms with E-state index in [-0.39, 0.29) is 11.7 Å². The fraction of sp³-hybridized carbons (Fsp3) is 0.333. The lowest BCUT2D eigenvalue weighted by atomic mass is 10.0. The highest BCUT2D eigenvalue weighted by Crippen LogP contribution is 2.31. The topological polar surface area (TPSA) is 38.7 Å². The first-order valence-corrected chi connectivity index (χ1v) is 11.6. The van der Waals surface area contributed by atoms with Gasteiger partial charge < -0.3 is 10.4 Å². The quantitative estimate of drug-likeness (QED) is 0.424. The van der Waals surface area contributed by atoms with Crippen LogP contribution in [0.25, 0.3) is 0 Å². The molecule has 0 radical (unpaired) electrons. The summed E-state index contributed by atoms with van der Waals surface area (Å²) in [5.74, 6) is 0. The predicted octanol–water partition coefficient (Wildman–Crippen LogP) is 5.56. The molecule has 2 N–H and O–H groups in total. The SMILES string of the molecule is OC(Nc1cccc(C(F)(F)F)c1)N(Cc1ccccc1)C1CCN(Cc2ccccc2)CC1. The third-order valence-corrected chi connectivity index (χ3v) is 6.28. The van der Waals surface area contributed by atoms with Crippen molar-refractivity contribution in [1.82, 2.24) is 9.80 Å². The number of nitrogens with one attached hydrogen (secondary N) is 1. The minimum Gasteiger partial charge on any atom is -0.361 e. The maximum Gasteiger partial charge on any atom is 0.416 e. The van der Waals surface area contributed by atoms with E-state index in [2.05, 4.69) is 22.3 Å². The molecule has 180 valence electrons. The van der Waals surface area contributed by atoms with Gasteiger partial charge in [0.15, 0.2) is 6.35 Å². The highest BCUT2D eigenvalue weighted by Gasteiger charge is 2.32. The summed E-state index contributed by atoms with van der Waals surface area (Å²) in [6.45, 7) is 3.16.